The third-order valence-electron chi connectivity index (χ3n) is 4.43. The van der Waals surface area contributed by atoms with Crippen molar-refractivity contribution in [3.05, 3.63) is 59.4 Å². The molecule has 0 saturated heterocycles. The van der Waals surface area contributed by atoms with Crippen molar-refractivity contribution in [1.82, 2.24) is 0 Å². The molecule has 0 atom stereocenters. The van der Waals surface area contributed by atoms with Gasteiger partial charge in [-0.05, 0) is 37.0 Å². The van der Waals surface area contributed by atoms with Crippen molar-refractivity contribution < 1.29 is 18.7 Å². The molecule has 4 nitrogen and oxygen atoms in total. The molecule has 2 aromatic carbocycles. The van der Waals surface area contributed by atoms with E-state index in [0.717, 1.165) is 12.0 Å². The summed E-state index contributed by atoms with van der Waals surface area (Å²) in [5, 5.41) is 0. The summed E-state index contributed by atoms with van der Waals surface area (Å²) in [5.41, 5.74) is 0.340. The number of hydrogen-bond donors (Lipinski definition) is 0. The fourth-order valence-electron chi connectivity index (χ4n) is 3.01. The number of isocyanates is 1. The van der Waals surface area contributed by atoms with Crippen LogP contribution >= 0.6 is 0 Å². The van der Waals surface area contributed by atoms with Gasteiger partial charge in [-0.15, -0.1) is 0 Å². The molecular formula is C19H18FNO3. The minimum atomic E-state index is -0.886. The number of nitrogens with zero attached hydrogens (tertiary/aromatic N) is 1. The Kier molecular flexibility index (Phi) is 4.63. The normalized spacial score (nSPS) is 15.1. The average Bonchev–Trinajstić information content (AvgIpc) is 2.58. The first kappa shape index (κ1) is 16.2. The van der Waals surface area contributed by atoms with Gasteiger partial charge in [0.25, 0.3) is 0 Å². The van der Waals surface area contributed by atoms with Crippen LogP contribution < -0.4 is 9.47 Å². The monoisotopic (exact) mass is 327 g/mol. The predicted octanol–water partition coefficient (Wildman–Crippen LogP) is 4.13. The minimum Gasteiger partial charge on any atom is -0.496 e. The fraction of sp³-hybridized carbons (Fsp3) is 0.316. The van der Waals surface area contributed by atoms with E-state index in [4.69, 9.17) is 9.47 Å². The van der Waals surface area contributed by atoms with Crippen LogP contribution in [0.3, 0.4) is 0 Å². The van der Waals surface area contributed by atoms with E-state index in [1.54, 1.807) is 12.1 Å². The van der Waals surface area contributed by atoms with Gasteiger partial charge in [0.15, 0.2) is 11.6 Å². The summed E-state index contributed by atoms with van der Waals surface area (Å²) in [5.74, 6) is -0.0238. The molecule has 0 N–H and O–H groups in total. The van der Waals surface area contributed by atoms with E-state index in [9.17, 15) is 4.79 Å². The van der Waals surface area contributed by atoms with Crippen molar-refractivity contribution >= 4 is 6.08 Å². The van der Waals surface area contributed by atoms with Gasteiger partial charge in [0, 0.05) is 0 Å². The summed E-state index contributed by atoms with van der Waals surface area (Å²) in [6.07, 6.45) is 3.64. The predicted molar refractivity (Wildman–Crippen MR) is 87.4 cm³/mol. The Bertz CT molecular complexity index is 766. The maximum absolute atomic E-state index is 15.1. The van der Waals surface area contributed by atoms with Crippen LogP contribution in [0.1, 0.15) is 30.4 Å². The van der Waals surface area contributed by atoms with E-state index < -0.39 is 11.4 Å². The summed E-state index contributed by atoms with van der Waals surface area (Å²) in [7, 11) is 1.47. The maximum atomic E-state index is 15.1. The highest BCUT2D eigenvalue weighted by molar-refractivity contribution is 5.50. The van der Waals surface area contributed by atoms with Crippen molar-refractivity contribution in [2.75, 3.05) is 7.11 Å². The van der Waals surface area contributed by atoms with Crippen molar-refractivity contribution in [2.45, 2.75) is 31.4 Å². The molecule has 0 amide bonds. The van der Waals surface area contributed by atoms with Gasteiger partial charge in [-0.2, -0.15) is 4.99 Å². The summed E-state index contributed by atoms with van der Waals surface area (Å²) >= 11 is 0. The van der Waals surface area contributed by atoms with E-state index in [2.05, 4.69) is 4.99 Å². The summed E-state index contributed by atoms with van der Waals surface area (Å²) < 4.78 is 26.0. The van der Waals surface area contributed by atoms with Crippen molar-refractivity contribution in [1.29, 1.82) is 0 Å². The van der Waals surface area contributed by atoms with E-state index in [0.29, 0.717) is 18.6 Å². The van der Waals surface area contributed by atoms with Crippen molar-refractivity contribution in [2.24, 2.45) is 4.99 Å². The molecule has 2 aromatic rings. The van der Waals surface area contributed by atoms with E-state index >= 15 is 4.39 Å². The van der Waals surface area contributed by atoms with Gasteiger partial charge < -0.3 is 9.47 Å². The molecule has 124 valence electrons. The van der Waals surface area contributed by atoms with E-state index in [-0.39, 0.29) is 17.9 Å². The topological polar surface area (TPSA) is 47.9 Å². The first-order valence-corrected chi connectivity index (χ1v) is 7.83. The molecule has 3 rings (SSSR count). The average molecular weight is 327 g/mol. The Morgan fingerprint density at radius 3 is 2.46 bits per heavy atom. The van der Waals surface area contributed by atoms with Crippen LogP contribution in [0.4, 0.5) is 4.39 Å². The molecule has 0 radical (unpaired) electrons. The second-order valence-corrected chi connectivity index (χ2v) is 5.82. The van der Waals surface area contributed by atoms with Gasteiger partial charge in [0.2, 0.25) is 6.08 Å². The largest absolute Gasteiger partial charge is 0.496 e. The van der Waals surface area contributed by atoms with Gasteiger partial charge in [-0.1, -0.05) is 30.3 Å². The number of halogens is 1. The zero-order valence-electron chi connectivity index (χ0n) is 13.4. The Labute approximate surface area is 139 Å². The van der Waals surface area contributed by atoms with E-state index in [1.807, 2.05) is 30.3 Å². The molecule has 1 fully saturated rings. The Hall–Kier alpha value is -2.65. The molecule has 1 aliphatic rings. The summed E-state index contributed by atoms with van der Waals surface area (Å²) in [4.78, 5) is 14.7. The van der Waals surface area contributed by atoms with Crippen molar-refractivity contribution in [3.8, 4) is 11.5 Å². The van der Waals surface area contributed by atoms with Crippen LogP contribution in [-0.2, 0) is 16.9 Å². The van der Waals surface area contributed by atoms with Gasteiger partial charge >= 0.3 is 0 Å². The lowest BCUT2D eigenvalue weighted by atomic mass is 9.71. The minimum absolute atomic E-state index is 0.127. The zero-order chi connectivity index (χ0) is 17.0. The number of carbonyl (C=O) groups excluding carboxylic acids is 1. The molecule has 1 aliphatic carbocycles. The number of methoxy groups -OCH3 is 1. The summed E-state index contributed by atoms with van der Waals surface area (Å²) in [6.45, 7) is 0.257. The Balaban J connectivity index is 1.95. The van der Waals surface area contributed by atoms with Crippen LogP contribution in [-0.4, -0.2) is 13.2 Å². The molecule has 0 unspecified atom stereocenters. The smallest absolute Gasteiger partial charge is 0.235 e. The lowest BCUT2D eigenvalue weighted by Gasteiger charge is -2.38. The van der Waals surface area contributed by atoms with Crippen LogP contribution in [0.5, 0.6) is 11.5 Å². The third kappa shape index (κ3) is 2.91. The molecular weight excluding hydrogens is 309 g/mol. The second kappa shape index (κ2) is 6.85. The number of benzene rings is 2. The molecule has 0 bridgehead atoms. The quantitative estimate of drug-likeness (QED) is 0.592. The number of aliphatic imine (C=N–C) groups is 1. The lowest BCUT2D eigenvalue weighted by molar-refractivity contribution is 0.229. The molecule has 0 aromatic heterocycles. The van der Waals surface area contributed by atoms with Crippen LogP contribution in [0.2, 0.25) is 0 Å². The number of hydrogen-bond acceptors (Lipinski definition) is 4. The van der Waals surface area contributed by atoms with Crippen LogP contribution in [0.15, 0.2) is 47.5 Å². The molecule has 0 heterocycles. The maximum Gasteiger partial charge on any atom is 0.235 e. The standard InChI is InChI=1S/C19H18FNO3/c1-23-15-8-9-16(24-12-14-6-3-2-4-7-14)18(20)17(15)19(21-13-22)10-5-11-19/h2-4,6-9H,5,10-12H2,1H3. The molecule has 0 aliphatic heterocycles. The molecule has 5 heteroatoms. The third-order valence-corrected chi connectivity index (χ3v) is 4.43. The molecule has 24 heavy (non-hydrogen) atoms. The van der Waals surface area contributed by atoms with Gasteiger partial charge in [0.05, 0.1) is 12.7 Å². The Morgan fingerprint density at radius 2 is 1.88 bits per heavy atom. The number of ether oxygens (including phenoxy) is 2. The first-order valence-electron chi connectivity index (χ1n) is 7.83. The fourth-order valence-corrected chi connectivity index (χ4v) is 3.01. The van der Waals surface area contributed by atoms with E-state index in [1.165, 1.54) is 13.2 Å². The molecule has 0 spiro atoms. The highest BCUT2D eigenvalue weighted by Crippen LogP contribution is 2.50. The Morgan fingerprint density at radius 1 is 1.17 bits per heavy atom. The SMILES string of the molecule is COc1ccc(OCc2ccccc2)c(F)c1C1(N=C=O)CCC1. The second-order valence-electron chi connectivity index (χ2n) is 5.82. The summed E-state index contributed by atoms with van der Waals surface area (Å²) in [6, 6.07) is 12.7. The van der Waals surface area contributed by atoms with Crippen molar-refractivity contribution in [3.63, 3.8) is 0 Å². The lowest BCUT2D eigenvalue weighted by Crippen LogP contribution is -2.33. The van der Waals surface area contributed by atoms with Gasteiger partial charge in [-0.25, -0.2) is 9.18 Å². The van der Waals surface area contributed by atoms with Gasteiger partial charge in [0.1, 0.15) is 17.9 Å². The van der Waals surface area contributed by atoms with Crippen LogP contribution in [0.25, 0.3) is 0 Å². The highest BCUT2D eigenvalue weighted by Gasteiger charge is 2.44. The van der Waals surface area contributed by atoms with Crippen LogP contribution in [0, 0.1) is 5.82 Å². The zero-order valence-corrected chi connectivity index (χ0v) is 13.4. The van der Waals surface area contributed by atoms with Gasteiger partial charge in [-0.3, -0.25) is 0 Å². The highest BCUT2D eigenvalue weighted by atomic mass is 19.1. The molecule has 1 saturated carbocycles. The first-order chi connectivity index (χ1) is 11.7. The number of rotatable bonds is 6.